The smallest absolute Gasteiger partial charge is 0.131 e. The average molecular weight is 362 g/mol. The van der Waals surface area contributed by atoms with Crippen molar-refractivity contribution in [1.29, 1.82) is 0 Å². The minimum atomic E-state index is -0.170. The fourth-order valence-electron chi connectivity index (χ4n) is 3.95. The maximum atomic E-state index is 14.6. The lowest BCUT2D eigenvalue weighted by Crippen LogP contribution is -2.12. The Hall–Kier alpha value is -1.98. The quantitative estimate of drug-likeness (QED) is 0.437. The third-order valence-electron chi connectivity index (χ3n) is 5.54. The summed E-state index contributed by atoms with van der Waals surface area (Å²) in [4.78, 5) is 0. The number of halogens is 1. The second kappa shape index (κ2) is 7.72. The van der Waals surface area contributed by atoms with Gasteiger partial charge in [0.2, 0.25) is 0 Å². The van der Waals surface area contributed by atoms with Gasteiger partial charge in [0.25, 0.3) is 0 Å². The molecule has 1 unspecified atom stereocenters. The summed E-state index contributed by atoms with van der Waals surface area (Å²) < 4.78 is 14.6. The molecule has 0 saturated heterocycles. The van der Waals surface area contributed by atoms with E-state index in [2.05, 4.69) is 33.5 Å². The molecule has 26 heavy (non-hydrogen) atoms. The van der Waals surface area contributed by atoms with Crippen LogP contribution in [0.25, 0.3) is 22.3 Å². The Kier molecular flexibility index (Phi) is 5.18. The Bertz CT molecular complexity index is 862. The molecule has 1 fully saturated rings. The number of rotatable bonds is 3. The van der Waals surface area contributed by atoms with E-state index >= 15 is 0 Å². The summed E-state index contributed by atoms with van der Waals surface area (Å²) in [6, 6.07) is 24.0. The van der Waals surface area contributed by atoms with Crippen molar-refractivity contribution in [3.05, 3.63) is 84.2 Å². The van der Waals surface area contributed by atoms with Crippen LogP contribution in [-0.4, -0.2) is 5.66 Å². The summed E-state index contributed by atoms with van der Waals surface area (Å²) in [6.45, 7) is 0. The summed E-state index contributed by atoms with van der Waals surface area (Å²) in [7, 11) is 2.96. The SMILES string of the molecule is Fc1cc(-c2ccc(C3CCC(P)CC3)cc2)ccc1-c1ccccc1. The van der Waals surface area contributed by atoms with Crippen LogP contribution in [0.1, 0.15) is 37.2 Å². The van der Waals surface area contributed by atoms with Crippen LogP contribution in [0, 0.1) is 5.82 Å². The van der Waals surface area contributed by atoms with E-state index in [0.717, 1.165) is 22.3 Å². The molecule has 4 rings (SSSR count). The normalized spacial score (nSPS) is 20.1. The predicted molar refractivity (Wildman–Crippen MR) is 112 cm³/mol. The maximum absolute atomic E-state index is 14.6. The summed E-state index contributed by atoms with van der Waals surface area (Å²) in [6.07, 6.45) is 5.13. The molecular formula is C24H24FP. The molecule has 3 aromatic carbocycles. The van der Waals surface area contributed by atoms with E-state index in [1.54, 1.807) is 6.07 Å². The first-order valence-electron chi connectivity index (χ1n) is 9.41. The van der Waals surface area contributed by atoms with Gasteiger partial charge in [-0.25, -0.2) is 4.39 Å². The van der Waals surface area contributed by atoms with Gasteiger partial charge in [-0.05, 0) is 65.6 Å². The molecule has 3 aromatic rings. The highest BCUT2D eigenvalue weighted by Gasteiger charge is 2.19. The number of hydrogen-bond donors (Lipinski definition) is 0. The standard InChI is InChI=1S/C24H24FP/c25-24-16-21(12-15-23(24)20-4-2-1-3-5-20)19-8-6-17(7-9-19)18-10-13-22(26)14-11-18/h1-9,12,15-16,18,22H,10-11,13-14,26H2. The number of benzene rings is 3. The molecule has 0 radical (unpaired) electrons. The fraction of sp³-hybridized carbons (Fsp3) is 0.250. The number of hydrogen-bond acceptors (Lipinski definition) is 0. The molecule has 0 aromatic heterocycles. The molecule has 132 valence electrons. The van der Waals surface area contributed by atoms with Gasteiger partial charge in [0, 0.05) is 5.56 Å². The molecule has 1 aliphatic carbocycles. The van der Waals surface area contributed by atoms with Crippen LogP contribution in [0.4, 0.5) is 4.39 Å². The van der Waals surface area contributed by atoms with Gasteiger partial charge in [-0.2, -0.15) is 0 Å². The Morgan fingerprint density at radius 2 is 1.35 bits per heavy atom. The highest BCUT2D eigenvalue weighted by Crippen LogP contribution is 2.36. The zero-order valence-electron chi connectivity index (χ0n) is 14.9. The predicted octanol–water partition coefficient (Wildman–Crippen LogP) is 7.06. The lowest BCUT2D eigenvalue weighted by molar-refractivity contribution is 0.453. The molecule has 0 bridgehead atoms. The molecule has 1 saturated carbocycles. The van der Waals surface area contributed by atoms with E-state index in [1.165, 1.54) is 31.2 Å². The molecule has 1 aliphatic rings. The lowest BCUT2D eigenvalue weighted by atomic mass is 9.83. The van der Waals surface area contributed by atoms with Gasteiger partial charge in [-0.1, -0.05) is 66.7 Å². The Morgan fingerprint density at radius 1 is 0.692 bits per heavy atom. The van der Waals surface area contributed by atoms with Crippen molar-refractivity contribution in [3.8, 4) is 22.3 Å². The van der Waals surface area contributed by atoms with Crippen molar-refractivity contribution in [2.75, 3.05) is 0 Å². The van der Waals surface area contributed by atoms with Crippen molar-refractivity contribution in [2.24, 2.45) is 0 Å². The van der Waals surface area contributed by atoms with E-state index in [9.17, 15) is 4.39 Å². The minimum Gasteiger partial charge on any atom is -0.206 e. The summed E-state index contributed by atoms with van der Waals surface area (Å²) in [5, 5.41) is 0. The molecule has 0 aliphatic heterocycles. The first-order chi connectivity index (χ1) is 12.7. The topological polar surface area (TPSA) is 0 Å². The monoisotopic (exact) mass is 362 g/mol. The van der Waals surface area contributed by atoms with Crippen LogP contribution < -0.4 is 0 Å². The largest absolute Gasteiger partial charge is 0.206 e. The Morgan fingerprint density at radius 3 is 2.00 bits per heavy atom. The van der Waals surface area contributed by atoms with E-state index in [-0.39, 0.29) is 5.82 Å². The molecule has 0 amide bonds. The van der Waals surface area contributed by atoms with Crippen molar-refractivity contribution in [1.82, 2.24) is 0 Å². The van der Waals surface area contributed by atoms with Gasteiger partial charge < -0.3 is 0 Å². The molecule has 0 heterocycles. The van der Waals surface area contributed by atoms with Gasteiger partial charge in [-0.15, -0.1) is 9.24 Å². The highest BCUT2D eigenvalue weighted by atomic mass is 31.0. The molecular weight excluding hydrogens is 338 g/mol. The Balaban J connectivity index is 1.55. The van der Waals surface area contributed by atoms with Gasteiger partial charge >= 0.3 is 0 Å². The second-order valence-electron chi connectivity index (χ2n) is 7.29. The van der Waals surface area contributed by atoms with Gasteiger partial charge in [0.15, 0.2) is 0 Å². The van der Waals surface area contributed by atoms with Crippen LogP contribution >= 0.6 is 9.24 Å². The van der Waals surface area contributed by atoms with Crippen molar-refractivity contribution < 1.29 is 4.39 Å². The van der Waals surface area contributed by atoms with Crippen LogP contribution in [0.3, 0.4) is 0 Å². The van der Waals surface area contributed by atoms with Gasteiger partial charge in [0.05, 0.1) is 0 Å². The minimum absolute atomic E-state index is 0.170. The second-order valence-corrected chi connectivity index (χ2v) is 8.24. The van der Waals surface area contributed by atoms with E-state index in [0.29, 0.717) is 11.5 Å². The van der Waals surface area contributed by atoms with E-state index in [4.69, 9.17) is 0 Å². The molecule has 0 nitrogen and oxygen atoms in total. The summed E-state index contributed by atoms with van der Waals surface area (Å²) >= 11 is 0. The zero-order valence-corrected chi connectivity index (χ0v) is 16.0. The van der Waals surface area contributed by atoms with E-state index < -0.39 is 0 Å². The first-order valence-corrected chi connectivity index (χ1v) is 10.1. The van der Waals surface area contributed by atoms with Crippen LogP contribution in [0.2, 0.25) is 0 Å². The molecule has 1 atom stereocenters. The van der Waals surface area contributed by atoms with Crippen molar-refractivity contribution >= 4 is 9.24 Å². The van der Waals surface area contributed by atoms with Gasteiger partial charge in [0.1, 0.15) is 5.82 Å². The Labute approximate surface area is 157 Å². The zero-order chi connectivity index (χ0) is 17.9. The van der Waals surface area contributed by atoms with Crippen molar-refractivity contribution in [2.45, 2.75) is 37.3 Å². The third kappa shape index (κ3) is 3.74. The van der Waals surface area contributed by atoms with Crippen molar-refractivity contribution in [3.63, 3.8) is 0 Å². The maximum Gasteiger partial charge on any atom is 0.131 e. The van der Waals surface area contributed by atoms with Gasteiger partial charge in [-0.3, -0.25) is 0 Å². The average Bonchev–Trinajstić information content (AvgIpc) is 2.69. The van der Waals surface area contributed by atoms with Crippen LogP contribution in [-0.2, 0) is 0 Å². The van der Waals surface area contributed by atoms with E-state index in [1.807, 2.05) is 42.5 Å². The molecule has 0 spiro atoms. The lowest BCUT2D eigenvalue weighted by Gasteiger charge is -2.26. The van der Waals surface area contributed by atoms with Crippen LogP contribution in [0.15, 0.2) is 72.8 Å². The summed E-state index contributed by atoms with van der Waals surface area (Å²) in [5.41, 5.74) is 5.79. The first kappa shape index (κ1) is 17.4. The summed E-state index contributed by atoms with van der Waals surface area (Å²) in [5.74, 6) is 0.509. The highest BCUT2D eigenvalue weighted by molar-refractivity contribution is 7.17. The third-order valence-corrected chi connectivity index (χ3v) is 6.21. The fourth-order valence-corrected chi connectivity index (χ4v) is 4.33. The molecule has 2 heteroatoms. The molecule has 0 N–H and O–H groups in total. The van der Waals surface area contributed by atoms with Crippen LogP contribution in [0.5, 0.6) is 0 Å².